The second-order valence-electron chi connectivity index (χ2n) is 5.58. The highest BCUT2D eigenvalue weighted by molar-refractivity contribution is 5.91. The molecule has 0 heterocycles. The van der Waals surface area contributed by atoms with Gasteiger partial charge in [0.2, 0.25) is 0 Å². The molecule has 0 aliphatic carbocycles. The van der Waals surface area contributed by atoms with Crippen LogP contribution in [-0.4, -0.2) is 24.6 Å². The van der Waals surface area contributed by atoms with E-state index in [0.29, 0.717) is 12.5 Å². The maximum Gasteiger partial charge on any atom is 0.331 e. The molecule has 4 nitrogen and oxygen atoms in total. The van der Waals surface area contributed by atoms with Gasteiger partial charge in [-0.05, 0) is 31.6 Å². The van der Waals surface area contributed by atoms with Gasteiger partial charge in [-0.1, -0.05) is 47.0 Å². The van der Waals surface area contributed by atoms with Crippen molar-refractivity contribution in [3.8, 4) is 0 Å². The Hall–Kier alpha value is -1.32. The minimum Gasteiger partial charge on any atom is -0.463 e. The summed E-state index contributed by atoms with van der Waals surface area (Å²) < 4.78 is 10.3. The van der Waals surface area contributed by atoms with E-state index in [4.69, 9.17) is 9.47 Å². The van der Waals surface area contributed by atoms with Gasteiger partial charge in [0.1, 0.15) is 6.10 Å². The normalized spacial score (nSPS) is 12.6. The largest absolute Gasteiger partial charge is 0.463 e. The molecule has 0 amide bonds. The van der Waals surface area contributed by atoms with Crippen LogP contribution in [0.2, 0.25) is 0 Å². The second kappa shape index (κ2) is 13.4. The predicted molar refractivity (Wildman–Crippen MR) is 88.5 cm³/mol. The van der Waals surface area contributed by atoms with Gasteiger partial charge in [-0.3, -0.25) is 0 Å². The summed E-state index contributed by atoms with van der Waals surface area (Å²) in [6.07, 6.45) is 9.08. The van der Waals surface area contributed by atoms with Crippen LogP contribution in [0.4, 0.5) is 0 Å². The zero-order valence-electron chi connectivity index (χ0n) is 14.6. The molecule has 0 radical (unpaired) electrons. The first-order valence-corrected chi connectivity index (χ1v) is 8.62. The SMILES string of the molecule is CCCCOC(=O)/C=C/C(=O)OC(CC)CCC(CC)CC. The van der Waals surface area contributed by atoms with Crippen molar-refractivity contribution in [1.82, 2.24) is 0 Å². The van der Waals surface area contributed by atoms with Crippen LogP contribution in [0.25, 0.3) is 0 Å². The fourth-order valence-electron chi connectivity index (χ4n) is 2.17. The van der Waals surface area contributed by atoms with Crippen LogP contribution < -0.4 is 0 Å². The van der Waals surface area contributed by atoms with Crippen molar-refractivity contribution in [3.05, 3.63) is 12.2 Å². The quantitative estimate of drug-likeness (QED) is 0.304. The molecule has 22 heavy (non-hydrogen) atoms. The molecule has 1 atom stereocenters. The van der Waals surface area contributed by atoms with Crippen molar-refractivity contribution >= 4 is 11.9 Å². The van der Waals surface area contributed by atoms with Crippen LogP contribution in [0.3, 0.4) is 0 Å². The average molecular weight is 312 g/mol. The fourth-order valence-corrected chi connectivity index (χ4v) is 2.17. The minimum absolute atomic E-state index is 0.0751. The third-order valence-electron chi connectivity index (χ3n) is 3.89. The van der Waals surface area contributed by atoms with Crippen LogP contribution in [0, 0.1) is 5.92 Å². The van der Waals surface area contributed by atoms with Crippen LogP contribution in [0.15, 0.2) is 12.2 Å². The van der Waals surface area contributed by atoms with E-state index in [0.717, 1.165) is 57.1 Å². The Labute approximate surface area is 135 Å². The van der Waals surface area contributed by atoms with Crippen LogP contribution >= 0.6 is 0 Å². The molecule has 0 fully saturated rings. The molecule has 4 heteroatoms. The molecule has 0 N–H and O–H groups in total. The fraction of sp³-hybridized carbons (Fsp3) is 0.778. The number of hydrogen-bond acceptors (Lipinski definition) is 4. The standard InChI is InChI=1S/C18H32O4/c1-5-9-14-21-17(19)12-13-18(20)22-16(8-4)11-10-15(6-2)7-3/h12-13,15-16H,5-11,14H2,1-4H3/b13-12+. The van der Waals surface area contributed by atoms with E-state index in [2.05, 4.69) is 13.8 Å². The van der Waals surface area contributed by atoms with E-state index >= 15 is 0 Å². The summed E-state index contributed by atoms with van der Waals surface area (Å²) in [6.45, 7) is 8.80. The number of ether oxygens (including phenoxy) is 2. The van der Waals surface area contributed by atoms with E-state index in [1.165, 1.54) is 0 Å². The third-order valence-corrected chi connectivity index (χ3v) is 3.89. The zero-order valence-corrected chi connectivity index (χ0v) is 14.6. The lowest BCUT2D eigenvalue weighted by atomic mass is 9.95. The molecule has 128 valence electrons. The van der Waals surface area contributed by atoms with Gasteiger partial charge in [-0.2, -0.15) is 0 Å². The lowest BCUT2D eigenvalue weighted by Crippen LogP contribution is -2.17. The number of unbranched alkanes of at least 4 members (excludes halogenated alkanes) is 1. The molecular weight excluding hydrogens is 280 g/mol. The Bertz CT molecular complexity index is 332. The highest BCUT2D eigenvalue weighted by atomic mass is 16.5. The number of carbonyl (C=O) groups is 2. The molecule has 0 aromatic heterocycles. The molecule has 0 aromatic carbocycles. The lowest BCUT2D eigenvalue weighted by Gasteiger charge is -2.18. The van der Waals surface area contributed by atoms with Gasteiger partial charge in [-0.25, -0.2) is 9.59 Å². The highest BCUT2D eigenvalue weighted by Gasteiger charge is 2.13. The molecule has 0 aromatic rings. The molecule has 0 rings (SSSR count). The van der Waals surface area contributed by atoms with Gasteiger partial charge in [0.15, 0.2) is 0 Å². The van der Waals surface area contributed by atoms with Gasteiger partial charge >= 0.3 is 11.9 Å². The van der Waals surface area contributed by atoms with Gasteiger partial charge in [0.05, 0.1) is 6.61 Å². The van der Waals surface area contributed by atoms with Gasteiger partial charge in [0.25, 0.3) is 0 Å². The number of rotatable bonds is 12. The smallest absolute Gasteiger partial charge is 0.331 e. The van der Waals surface area contributed by atoms with E-state index in [9.17, 15) is 9.59 Å². The van der Waals surface area contributed by atoms with Crippen molar-refractivity contribution in [3.63, 3.8) is 0 Å². The average Bonchev–Trinajstić information content (AvgIpc) is 2.52. The van der Waals surface area contributed by atoms with Gasteiger partial charge in [-0.15, -0.1) is 0 Å². The van der Waals surface area contributed by atoms with E-state index in [-0.39, 0.29) is 6.10 Å². The lowest BCUT2D eigenvalue weighted by molar-refractivity contribution is -0.144. The molecule has 0 saturated carbocycles. The summed E-state index contributed by atoms with van der Waals surface area (Å²) in [5.74, 6) is -0.267. The first-order valence-electron chi connectivity index (χ1n) is 8.62. The Morgan fingerprint density at radius 3 is 2.09 bits per heavy atom. The summed E-state index contributed by atoms with van der Waals surface area (Å²) in [5, 5.41) is 0. The zero-order chi connectivity index (χ0) is 16.8. The van der Waals surface area contributed by atoms with Crippen LogP contribution in [0.5, 0.6) is 0 Å². The Morgan fingerprint density at radius 2 is 1.55 bits per heavy atom. The van der Waals surface area contributed by atoms with E-state index < -0.39 is 11.9 Å². The number of esters is 2. The third kappa shape index (κ3) is 10.4. The second-order valence-corrected chi connectivity index (χ2v) is 5.58. The molecule has 0 bridgehead atoms. The summed E-state index contributed by atoms with van der Waals surface area (Å²) in [7, 11) is 0. The summed E-state index contributed by atoms with van der Waals surface area (Å²) >= 11 is 0. The molecule has 0 aliphatic heterocycles. The predicted octanol–water partition coefficient (Wildman–Crippen LogP) is 4.42. The Kier molecular flexibility index (Phi) is 12.5. The van der Waals surface area contributed by atoms with Crippen molar-refractivity contribution in [1.29, 1.82) is 0 Å². The van der Waals surface area contributed by atoms with Gasteiger partial charge < -0.3 is 9.47 Å². The highest BCUT2D eigenvalue weighted by Crippen LogP contribution is 2.18. The maximum absolute atomic E-state index is 11.7. The molecule has 0 aliphatic rings. The monoisotopic (exact) mass is 312 g/mol. The number of hydrogen-bond donors (Lipinski definition) is 0. The molecule has 0 saturated heterocycles. The Morgan fingerprint density at radius 1 is 0.909 bits per heavy atom. The van der Waals surface area contributed by atoms with Crippen LogP contribution in [0.1, 0.15) is 72.6 Å². The number of carbonyl (C=O) groups excluding carboxylic acids is 2. The van der Waals surface area contributed by atoms with E-state index in [1.54, 1.807) is 0 Å². The van der Waals surface area contributed by atoms with Crippen molar-refractivity contribution in [2.45, 2.75) is 78.7 Å². The summed E-state index contributed by atoms with van der Waals surface area (Å²) in [6, 6.07) is 0. The van der Waals surface area contributed by atoms with Crippen molar-refractivity contribution in [2.75, 3.05) is 6.61 Å². The summed E-state index contributed by atoms with van der Waals surface area (Å²) in [5.41, 5.74) is 0. The van der Waals surface area contributed by atoms with Crippen molar-refractivity contribution < 1.29 is 19.1 Å². The molecule has 1 unspecified atom stereocenters. The van der Waals surface area contributed by atoms with Crippen molar-refractivity contribution in [2.24, 2.45) is 5.92 Å². The molecule has 0 spiro atoms. The van der Waals surface area contributed by atoms with E-state index in [1.807, 2.05) is 13.8 Å². The minimum atomic E-state index is -0.490. The topological polar surface area (TPSA) is 52.6 Å². The first-order chi connectivity index (χ1) is 10.6. The maximum atomic E-state index is 11.7. The van der Waals surface area contributed by atoms with Gasteiger partial charge in [0, 0.05) is 12.2 Å². The van der Waals surface area contributed by atoms with Crippen LogP contribution in [-0.2, 0) is 19.1 Å². The Balaban J connectivity index is 4.11. The molecular formula is C18H32O4. The summed E-state index contributed by atoms with van der Waals surface area (Å²) in [4.78, 5) is 23.1. The first kappa shape index (κ1) is 20.7.